The molecule has 126 valence electrons. The molecule has 2 rings (SSSR count). The summed E-state index contributed by atoms with van der Waals surface area (Å²) in [6, 6.07) is 6.17. The Morgan fingerprint density at radius 2 is 1.96 bits per heavy atom. The number of ether oxygens (including phenoxy) is 2. The number of allylic oxidation sites excluding steroid dienone is 2. The van der Waals surface area contributed by atoms with E-state index in [4.69, 9.17) is 9.47 Å². The summed E-state index contributed by atoms with van der Waals surface area (Å²) in [6.07, 6.45) is 9.92. The fourth-order valence-electron chi connectivity index (χ4n) is 2.88. The third-order valence-corrected chi connectivity index (χ3v) is 4.24. The molecule has 1 aromatic rings. The summed E-state index contributed by atoms with van der Waals surface area (Å²) < 4.78 is 10.7. The maximum atomic E-state index is 11.6. The Kier molecular flexibility index (Phi) is 7.18. The first kappa shape index (κ1) is 17.6. The number of hydrogen-bond donors (Lipinski definition) is 0. The van der Waals surface area contributed by atoms with Crippen LogP contribution in [-0.2, 0) is 11.2 Å². The predicted molar refractivity (Wildman–Crippen MR) is 93.0 cm³/mol. The second-order valence-corrected chi connectivity index (χ2v) is 6.08. The molecule has 0 unspecified atom stereocenters. The van der Waals surface area contributed by atoms with Gasteiger partial charge in [-0.05, 0) is 56.2 Å². The van der Waals surface area contributed by atoms with Gasteiger partial charge in [0.05, 0.1) is 0 Å². The van der Waals surface area contributed by atoms with E-state index in [1.165, 1.54) is 11.1 Å². The van der Waals surface area contributed by atoms with Crippen LogP contribution in [0, 0.1) is 0 Å². The van der Waals surface area contributed by atoms with Crippen molar-refractivity contribution in [3.8, 4) is 11.5 Å². The standard InChI is InChI=1S/C20H28O3/c1-3-7-18(21)11-6-9-16(4-2)8-5-10-17-12-13-19-20(14-17)23-15-22-19/h8,12-14H,3-7,9-11,15H2,1-2H3/b16-8+. The zero-order valence-corrected chi connectivity index (χ0v) is 14.4. The summed E-state index contributed by atoms with van der Waals surface area (Å²) in [4.78, 5) is 11.6. The minimum atomic E-state index is 0.329. The van der Waals surface area contributed by atoms with Gasteiger partial charge >= 0.3 is 0 Å². The molecule has 0 amide bonds. The van der Waals surface area contributed by atoms with Crippen molar-refractivity contribution in [1.29, 1.82) is 0 Å². The third-order valence-electron chi connectivity index (χ3n) is 4.24. The van der Waals surface area contributed by atoms with Crippen molar-refractivity contribution >= 4 is 5.78 Å². The van der Waals surface area contributed by atoms with Crippen molar-refractivity contribution in [2.24, 2.45) is 0 Å². The van der Waals surface area contributed by atoms with E-state index in [2.05, 4.69) is 32.1 Å². The van der Waals surface area contributed by atoms with Crippen molar-refractivity contribution in [2.75, 3.05) is 6.79 Å². The van der Waals surface area contributed by atoms with Crippen LogP contribution >= 0.6 is 0 Å². The summed E-state index contributed by atoms with van der Waals surface area (Å²) in [7, 11) is 0. The van der Waals surface area contributed by atoms with Gasteiger partial charge in [0.25, 0.3) is 0 Å². The average molecular weight is 316 g/mol. The maximum absolute atomic E-state index is 11.6. The molecule has 3 nitrogen and oxygen atoms in total. The van der Waals surface area contributed by atoms with E-state index < -0.39 is 0 Å². The number of fused-ring (bicyclic) bond motifs is 1. The number of carbonyl (C=O) groups is 1. The summed E-state index contributed by atoms with van der Waals surface area (Å²) >= 11 is 0. The first-order valence-corrected chi connectivity index (χ1v) is 8.81. The fourth-order valence-corrected chi connectivity index (χ4v) is 2.88. The van der Waals surface area contributed by atoms with Crippen LogP contribution in [0.3, 0.4) is 0 Å². The predicted octanol–water partition coefficient (Wildman–Crippen LogP) is 5.22. The van der Waals surface area contributed by atoms with E-state index in [1.807, 2.05) is 6.07 Å². The second-order valence-electron chi connectivity index (χ2n) is 6.08. The highest BCUT2D eigenvalue weighted by Crippen LogP contribution is 2.32. The lowest BCUT2D eigenvalue weighted by atomic mass is 10.0. The number of rotatable bonds is 10. The number of aryl methyl sites for hydroxylation is 1. The molecule has 0 N–H and O–H groups in total. The van der Waals surface area contributed by atoms with Crippen LogP contribution in [0.2, 0.25) is 0 Å². The molecule has 0 saturated heterocycles. The highest BCUT2D eigenvalue weighted by molar-refractivity contribution is 5.78. The normalized spacial score (nSPS) is 13.4. The van der Waals surface area contributed by atoms with Crippen LogP contribution < -0.4 is 9.47 Å². The third kappa shape index (κ3) is 5.74. The van der Waals surface area contributed by atoms with Crippen molar-refractivity contribution in [3.05, 3.63) is 35.4 Å². The molecule has 0 aromatic heterocycles. The average Bonchev–Trinajstić information content (AvgIpc) is 3.01. The van der Waals surface area contributed by atoms with Gasteiger partial charge in [-0.3, -0.25) is 4.79 Å². The second kappa shape index (κ2) is 9.39. The monoisotopic (exact) mass is 316 g/mol. The zero-order valence-electron chi connectivity index (χ0n) is 14.4. The molecule has 1 heterocycles. The van der Waals surface area contributed by atoms with Crippen molar-refractivity contribution in [1.82, 2.24) is 0 Å². The number of benzene rings is 1. The SMILES string of the molecule is CCCC(=O)CCC/C(=C/CCc1ccc2c(c1)OCO2)CC. The van der Waals surface area contributed by atoms with Gasteiger partial charge in [0.15, 0.2) is 11.5 Å². The van der Waals surface area contributed by atoms with E-state index >= 15 is 0 Å². The number of Topliss-reactive ketones (excluding diaryl/α,β-unsaturated/α-hetero) is 1. The Balaban J connectivity index is 1.75. The Hall–Kier alpha value is -1.77. The number of hydrogen-bond acceptors (Lipinski definition) is 3. The highest BCUT2D eigenvalue weighted by atomic mass is 16.7. The first-order valence-electron chi connectivity index (χ1n) is 8.81. The van der Waals surface area contributed by atoms with E-state index in [0.29, 0.717) is 12.6 Å². The molecular weight excluding hydrogens is 288 g/mol. The molecule has 0 atom stereocenters. The summed E-state index contributed by atoms with van der Waals surface area (Å²) in [6.45, 7) is 4.58. The van der Waals surface area contributed by atoms with Crippen LogP contribution in [0.15, 0.2) is 29.8 Å². The molecule has 1 aromatic carbocycles. The van der Waals surface area contributed by atoms with Crippen LogP contribution in [0.5, 0.6) is 11.5 Å². The minimum absolute atomic E-state index is 0.329. The quantitative estimate of drug-likeness (QED) is 0.555. The van der Waals surface area contributed by atoms with Gasteiger partial charge in [-0.2, -0.15) is 0 Å². The van der Waals surface area contributed by atoms with Crippen LogP contribution in [0.1, 0.15) is 64.4 Å². The Labute approximate surface area is 139 Å². The first-order chi connectivity index (χ1) is 11.2. The maximum Gasteiger partial charge on any atom is 0.231 e. The smallest absolute Gasteiger partial charge is 0.231 e. The number of ketones is 1. The van der Waals surface area contributed by atoms with Crippen LogP contribution in [-0.4, -0.2) is 12.6 Å². The summed E-state index contributed by atoms with van der Waals surface area (Å²) in [5.74, 6) is 2.11. The molecule has 0 bridgehead atoms. The lowest BCUT2D eigenvalue weighted by molar-refractivity contribution is -0.119. The number of carbonyl (C=O) groups excluding carboxylic acids is 1. The molecule has 0 fully saturated rings. The zero-order chi connectivity index (χ0) is 16.5. The van der Waals surface area contributed by atoms with Gasteiger partial charge in [0.1, 0.15) is 5.78 Å². The molecule has 0 spiro atoms. The van der Waals surface area contributed by atoms with Crippen LogP contribution in [0.25, 0.3) is 0 Å². The molecule has 1 aliphatic heterocycles. The summed E-state index contributed by atoms with van der Waals surface area (Å²) in [5, 5.41) is 0. The van der Waals surface area contributed by atoms with Crippen molar-refractivity contribution < 1.29 is 14.3 Å². The Morgan fingerprint density at radius 1 is 1.13 bits per heavy atom. The van der Waals surface area contributed by atoms with Crippen LogP contribution in [0.4, 0.5) is 0 Å². The molecule has 3 heteroatoms. The fraction of sp³-hybridized carbons (Fsp3) is 0.550. The molecule has 1 aliphatic rings. The Bertz CT molecular complexity index is 546. The summed E-state index contributed by atoms with van der Waals surface area (Å²) in [5.41, 5.74) is 2.74. The molecule has 23 heavy (non-hydrogen) atoms. The highest BCUT2D eigenvalue weighted by Gasteiger charge is 2.12. The lowest BCUT2D eigenvalue weighted by Gasteiger charge is -2.06. The van der Waals surface area contributed by atoms with E-state index in [-0.39, 0.29) is 0 Å². The minimum Gasteiger partial charge on any atom is -0.454 e. The van der Waals surface area contributed by atoms with Gasteiger partial charge in [0.2, 0.25) is 6.79 Å². The van der Waals surface area contributed by atoms with Gasteiger partial charge in [-0.1, -0.05) is 31.6 Å². The molecule has 0 radical (unpaired) electrons. The van der Waals surface area contributed by atoms with Crippen molar-refractivity contribution in [2.45, 2.75) is 65.2 Å². The van der Waals surface area contributed by atoms with E-state index in [1.54, 1.807) is 0 Å². The lowest BCUT2D eigenvalue weighted by Crippen LogP contribution is -1.97. The van der Waals surface area contributed by atoms with Gasteiger partial charge in [-0.15, -0.1) is 0 Å². The van der Waals surface area contributed by atoms with Gasteiger partial charge < -0.3 is 9.47 Å². The van der Waals surface area contributed by atoms with Gasteiger partial charge in [-0.25, -0.2) is 0 Å². The topological polar surface area (TPSA) is 35.5 Å². The molecule has 0 saturated carbocycles. The Morgan fingerprint density at radius 3 is 2.74 bits per heavy atom. The largest absolute Gasteiger partial charge is 0.454 e. The van der Waals surface area contributed by atoms with Gasteiger partial charge in [0, 0.05) is 12.8 Å². The van der Waals surface area contributed by atoms with E-state index in [9.17, 15) is 4.79 Å². The van der Waals surface area contributed by atoms with E-state index in [0.717, 1.165) is 62.9 Å². The molecule has 0 aliphatic carbocycles. The van der Waals surface area contributed by atoms with Crippen molar-refractivity contribution in [3.63, 3.8) is 0 Å². The molecular formula is C20H28O3.